The Morgan fingerprint density at radius 1 is 0.586 bits per heavy atom. The SMILES string of the molecule is O=S(=O)([O-])C(F)(F)F.O=S(=O)([O-])C(F)(F)F.c1cc[c]([Sn+2][c]2ccccc2)cc1. The van der Waals surface area contributed by atoms with Crippen molar-refractivity contribution in [2.24, 2.45) is 0 Å². The summed E-state index contributed by atoms with van der Waals surface area (Å²) in [7, 11) is -12.2. The van der Waals surface area contributed by atoms with Crippen molar-refractivity contribution in [3.05, 3.63) is 60.7 Å². The van der Waals surface area contributed by atoms with Crippen molar-refractivity contribution in [3.8, 4) is 0 Å². The fraction of sp³-hybridized carbons (Fsp3) is 0.143. The number of alkyl halides is 6. The zero-order valence-electron chi connectivity index (χ0n) is 13.8. The molecule has 0 heterocycles. The Balaban J connectivity index is 0.000000432. The topological polar surface area (TPSA) is 114 Å². The van der Waals surface area contributed by atoms with Crippen molar-refractivity contribution in [2.45, 2.75) is 11.0 Å². The third-order valence-electron chi connectivity index (χ3n) is 2.40. The fourth-order valence-corrected chi connectivity index (χ4v) is 4.21. The van der Waals surface area contributed by atoms with E-state index in [1.807, 2.05) is 0 Å². The van der Waals surface area contributed by atoms with Crippen LogP contribution in [-0.2, 0) is 20.2 Å². The molecule has 0 radical (unpaired) electrons. The Labute approximate surface area is 172 Å². The predicted molar refractivity (Wildman–Crippen MR) is 89.4 cm³/mol. The van der Waals surface area contributed by atoms with E-state index >= 15 is 0 Å². The zero-order chi connectivity index (χ0) is 22.9. The molecule has 0 aliphatic rings. The van der Waals surface area contributed by atoms with Gasteiger partial charge >= 0.3 is 100.0 Å². The third kappa shape index (κ3) is 12.0. The Morgan fingerprint density at radius 3 is 0.966 bits per heavy atom. The Hall–Kier alpha value is -1.36. The van der Waals surface area contributed by atoms with Crippen LogP contribution in [0.1, 0.15) is 0 Å². The van der Waals surface area contributed by atoms with Crippen molar-refractivity contribution in [1.82, 2.24) is 0 Å². The second-order valence-corrected chi connectivity index (χ2v) is 11.4. The van der Waals surface area contributed by atoms with Crippen LogP contribution in [0.4, 0.5) is 26.3 Å². The van der Waals surface area contributed by atoms with Crippen molar-refractivity contribution in [2.75, 3.05) is 0 Å². The van der Waals surface area contributed by atoms with Crippen LogP contribution in [0.5, 0.6) is 0 Å². The van der Waals surface area contributed by atoms with Crippen LogP contribution in [0.15, 0.2) is 60.7 Å². The van der Waals surface area contributed by atoms with Gasteiger partial charge in [0.25, 0.3) is 0 Å². The molecule has 2 rings (SSSR count). The molecule has 0 aromatic heterocycles. The van der Waals surface area contributed by atoms with Gasteiger partial charge in [-0.05, 0) is 0 Å². The van der Waals surface area contributed by atoms with Gasteiger partial charge in [-0.1, -0.05) is 0 Å². The van der Waals surface area contributed by atoms with Gasteiger partial charge in [-0.2, -0.15) is 26.3 Å². The molecule has 0 spiro atoms. The zero-order valence-corrected chi connectivity index (χ0v) is 18.3. The van der Waals surface area contributed by atoms with Crippen LogP contribution in [0.2, 0.25) is 0 Å². The summed E-state index contributed by atoms with van der Waals surface area (Å²) in [5.41, 5.74) is -11.3. The van der Waals surface area contributed by atoms with Crippen LogP contribution in [0, 0.1) is 0 Å². The number of hydrogen-bond acceptors (Lipinski definition) is 6. The van der Waals surface area contributed by atoms with Crippen LogP contribution in [0.3, 0.4) is 0 Å². The van der Waals surface area contributed by atoms with Crippen molar-refractivity contribution >= 4 is 48.5 Å². The standard InChI is InChI=1S/2C6H5.2CHF3O3S.Sn/c2*1-2-4-6-5-3-1;2*2-1(3,4)8(5,6)7;/h2*1-5H;2*(H,5,6,7);/q;;;;+2/p-2. The molecular weight excluding hydrogens is 561 g/mol. The summed E-state index contributed by atoms with van der Waals surface area (Å²) >= 11 is -0.517. The van der Waals surface area contributed by atoms with Gasteiger partial charge in [-0.25, -0.2) is 16.8 Å². The number of rotatable bonds is 2. The van der Waals surface area contributed by atoms with E-state index in [2.05, 4.69) is 60.7 Å². The van der Waals surface area contributed by atoms with Gasteiger partial charge in [0.15, 0.2) is 20.2 Å². The Bertz CT molecular complexity index is 866. The van der Waals surface area contributed by atoms with Gasteiger partial charge < -0.3 is 9.11 Å². The summed E-state index contributed by atoms with van der Waals surface area (Å²) < 4.78 is 121. The van der Waals surface area contributed by atoms with Crippen LogP contribution in [-0.4, -0.2) is 58.1 Å². The van der Waals surface area contributed by atoms with Crippen LogP contribution in [0.25, 0.3) is 0 Å². The van der Waals surface area contributed by atoms with Gasteiger partial charge in [-0.3, -0.25) is 0 Å². The maximum absolute atomic E-state index is 10.7. The molecule has 0 saturated heterocycles. The Kier molecular flexibility index (Phi) is 10.6. The molecule has 15 heteroatoms. The molecule has 0 N–H and O–H groups in total. The number of benzene rings is 2. The molecule has 6 nitrogen and oxygen atoms in total. The molecule has 160 valence electrons. The van der Waals surface area contributed by atoms with Crippen LogP contribution < -0.4 is 7.16 Å². The molecule has 0 fully saturated rings. The molecule has 2 aromatic rings. The van der Waals surface area contributed by atoms with Gasteiger partial charge in [-0.15, -0.1) is 0 Å². The number of hydrogen-bond donors (Lipinski definition) is 0. The summed E-state index contributed by atoms with van der Waals surface area (Å²) in [6.45, 7) is 0. The Morgan fingerprint density at radius 2 is 0.793 bits per heavy atom. The molecule has 0 aliphatic carbocycles. The maximum atomic E-state index is 10.7. The quantitative estimate of drug-likeness (QED) is 0.234. The molecule has 0 atom stereocenters. The summed E-state index contributed by atoms with van der Waals surface area (Å²) in [6.07, 6.45) is 0. The van der Waals surface area contributed by atoms with Gasteiger partial charge in [0, 0.05) is 0 Å². The van der Waals surface area contributed by atoms with E-state index in [1.165, 1.54) is 7.16 Å². The molecule has 0 saturated carbocycles. The normalized spacial score (nSPS) is 11.9. The van der Waals surface area contributed by atoms with E-state index in [1.54, 1.807) is 0 Å². The van der Waals surface area contributed by atoms with E-state index in [9.17, 15) is 26.3 Å². The summed E-state index contributed by atoms with van der Waals surface area (Å²) in [5, 5.41) is 0. The van der Waals surface area contributed by atoms with Gasteiger partial charge in [0.1, 0.15) is 0 Å². The molecule has 0 aliphatic heterocycles. The molecule has 0 bridgehead atoms. The minimum absolute atomic E-state index is 0.517. The fourth-order valence-electron chi connectivity index (χ4n) is 1.21. The summed E-state index contributed by atoms with van der Waals surface area (Å²) in [6, 6.07) is 21.6. The van der Waals surface area contributed by atoms with E-state index in [-0.39, 0.29) is 0 Å². The molecule has 0 amide bonds. The van der Waals surface area contributed by atoms with E-state index in [4.69, 9.17) is 25.9 Å². The first-order valence-corrected chi connectivity index (χ1v) is 12.5. The third-order valence-corrected chi connectivity index (χ3v) is 7.09. The average molecular weight is 571 g/mol. The van der Waals surface area contributed by atoms with Crippen molar-refractivity contribution in [3.63, 3.8) is 0 Å². The first-order chi connectivity index (χ1) is 12.9. The molecule has 29 heavy (non-hydrogen) atoms. The van der Waals surface area contributed by atoms with Crippen molar-refractivity contribution in [1.29, 1.82) is 0 Å². The van der Waals surface area contributed by atoms with Gasteiger partial charge in [0.2, 0.25) is 0 Å². The van der Waals surface area contributed by atoms with Crippen molar-refractivity contribution < 1.29 is 52.3 Å². The molecular formula is C14H10F6O6S2Sn. The average Bonchev–Trinajstić information content (AvgIpc) is 2.54. The van der Waals surface area contributed by atoms with Gasteiger partial charge in [0.05, 0.1) is 0 Å². The second kappa shape index (κ2) is 11.1. The summed E-state index contributed by atoms with van der Waals surface area (Å²) in [5.74, 6) is 0. The monoisotopic (exact) mass is 572 g/mol. The minimum atomic E-state index is -6.09. The van der Waals surface area contributed by atoms with E-state index in [0.29, 0.717) is 0 Å². The predicted octanol–water partition coefficient (Wildman–Crippen LogP) is 1.44. The van der Waals surface area contributed by atoms with E-state index in [0.717, 1.165) is 0 Å². The number of halogens is 6. The summed E-state index contributed by atoms with van der Waals surface area (Å²) in [4.78, 5) is 0. The van der Waals surface area contributed by atoms with E-state index < -0.39 is 52.4 Å². The first-order valence-electron chi connectivity index (χ1n) is 6.86. The molecule has 2 aromatic carbocycles. The van der Waals surface area contributed by atoms with Crippen LogP contribution >= 0.6 is 0 Å². The second-order valence-electron chi connectivity index (χ2n) is 4.66. The molecule has 0 unspecified atom stereocenters. The first kappa shape index (κ1) is 27.6.